The molecule has 56 heavy (non-hydrogen) atoms. The predicted octanol–water partition coefficient (Wildman–Crippen LogP) is 9.97. The summed E-state index contributed by atoms with van der Waals surface area (Å²) in [4.78, 5) is 50.6. The molecule has 3 atom stereocenters. The van der Waals surface area contributed by atoms with Crippen molar-refractivity contribution in [3.8, 4) is 0 Å². The number of hydrogen-bond acceptors (Lipinski definition) is 6. The van der Waals surface area contributed by atoms with Gasteiger partial charge in [0.25, 0.3) is 0 Å². The molecule has 0 radical (unpaired) electrons. The number of amides is 4. The van der Waals surface area contributed by atoms with E-state index in [-0.39, 0.29) is 31.5 Å². The summed E-state index contributed by atoms with van der Waals surface area (Å²) in [6, 6.07) is -1.70. The third-order valence-corrected chi connectivity index (χ3v) is 10.9. The average Bonchev–Trinajstić information content (AvgIpc) is 3.67. The third-order valence-electron chi connectivity index (χ3n) is 10.9. The number of hydrogen-bond donors (Lipinski definition) is 5. The van der Waals surface area contributed by atoms with Crippen molar-refractivity contribution in [3.05, 3.63) is 0 Å². The van der Waals surface area contributed by atoms with Gasteiger partial charge in [-0.1, -0.05) is 155 Å². The van der Waals surface area contributed by atoms with E-state index in [0.717, 1.165) is 25.7 Å². The highest BCUT2D eigenvalue weighted by molar-refractivity contribution is 5.91. The lowest BCUT2D eigenvalue weighted by molar-refractivity contribution is -0.140. The van der Waals surface area contributed by atoms with E-state index in [0.29, 0.717) is 52.0 Å². The Balaban J connectivity index is 2.53. The monoisotopic (exact) mass is 797 g/mol. The maximum Gasteiger partial charge on any atom is 0.405 e. The van der Waals surface area contributed by atoms with E-state index in [1.165, 1.54) is 133 Å². The molecule has 0 aromatic rings. The molecule has 4 amide bonds. The maximum atomic E-state index is 13.5. The zero-order valence-corrected chi connectivity index (χ0v) is 35.8. The molecular formula is C44H84N4O8. The molecule has 0 aromatic heterocycles. The SMILES string of the molecule is CCCCCCCCCCCCCCOCC(CNC(=O)[C@@H]1CCCN1C(=O)C(CCCCNC(=O)O)NC(=O)O)OCCCCCCCCCCCCCC. The van der Waals surface area contributed by atoms with Gasteiger partial charge in [0.1, 0.15) is 12.1 Å². The van der Waals surface area contributed by atoms with Gasteiger partial charge in [0.15, 0.2) is 0 Å². The summed E-state index contributed by atoms with van der Waals surface area (Å²) in [7, 11) is 0. The van der Waals surface area contributed by atoms with E-state index in [9.17, 15) is 24.3 Å². The number of rotatable bonds is 39. The van der Waals surface area contributed by atoms with E-state index in [1.807, 2.05) is 0 Å². The van der Waals surface area contributed by atoms with Crippen LogP contribution in [0.3, 0.4) is 0 Å². The Bertz CT molecular complexity index is 987. The number of nitrogens with one attached hydrogen (secondary N) is 3. The summed E-state index contributed by atoms with van der Waals surface area (Å²) in [6.07, 6.45) is 30.3. The Morgan fingerprint density at radius 2 is 1.12 bits per heavy atom. The normalized spacial score (nSPS) is 15.1. The number of carbonyl (C=O) groups is 4. The Hall–Kier alpha value is -2.60. The molecule has 0 saturated carbocycles. The van der Waals surface area contributed by atoms with E-state index < -0.39 is 30.2 Å². The van der Waals surface area contributed by atoms with E-state index in [4.69, 9.17) is 14.6 Å². The number of carbonyl (C=O) groups excluding carboxylic acids is 2. The van der Waals surface area contributed by atoms with Crippen molar-refractivity contribution < 1.29 is 38.9 Å². The van der Waals surface area contributed by atoms with Gasteiger partial charge < -0.3 is 40.5 Å². The second-order valence-electron chi connectivity index (χ2n) is 16.0. The van der Waals surface area contributed by atoms with Gasteiger partial charge in [0.05, 0.1) is 12.7 Å². The van der Waals surface area contributed by atoms with Crippen molar-refractivity contribution >= 4 is 24.0 Å². The van der Waals surface area contributed by atoms with Crippen molar-refractivity contribution in [2.45, 2.75) is 218 Å². The number of likely N-dealkylation sites (tertiary alicyclic amines) is 1. The third kappa shape index (κ3) is 28.7. The van der Waals surface area contributed by atoms with Crippen LogP contribution in [0.5, 0.6) is 0 Å². The smallest absolute Gasteiger partial charge is 0.405 e. The minimum absolute atomic E-state index is 0.211. The molecular weight excluding hydrogens is 713 g/mol. The summed E-state index contributed by atoms with van der Waals surface area (Å²) in [6.45, 7) is 7.05. The van der Waals surface area contributed by atoms with Crippen LogP contribution in [0, 0.1) is 0 Å². The standard InChI is InChI=1S/C44H84N4O8/c1-3-5-7-9-11-13-15-17-19-21-23-27-34-55-37-38(56-35-28-24-22-20-18-16-14-12-10-8-6-4-2)36-46-41(49)40-31-29-33-48(40)42(50)39(47-44(53)54)30-25-26-32-45-43(51)52/h38-40,45,47H,3-37H2,1-2H3,(H,46,49)(H,51,52)(H,53,54)/t38?,39?,40-/m0/s1. The molecule has 0 aromatic carbocycles. The topological polar surface area (TPSA) is 167 Å². The fraction of sp³-hybridized carbons (Fsp3) is 0.909. The van der Waals surface area contributed by atoms with Crippen LogP contribution in [0.4, 0.5) is 9.59 Å². The van der Waals surface area contributed by atoms with Crippen molar-refractivity contribution in [2.24, 2.45) is 0 Å². The first kappa shape index (κ1) is 51.4. The first-order valence-corrected chi connectivity index (χ1v) is 23.0. The lowest BCUT2D eigenvalue weighted by atomic mass is 10.1. The summed E-state index contributed by atoms with van der Waals surface area (Å²) in [5.74, 6) is -0.697. The van der Waals surface area contributed by atoms with Crippen LogP contribution in [0.15, 0.2) is 0 Å². The van der Waals surface area contributed by atoms with Crippen LogP contribution in [-0.2, 0) is 19.1 Å². The first-order valence-electron chi connectivity index (χ1n) is 23.0. The van der Waals surface area contributed by atoms with E-state index in [1.54, 1.807) is 0 Å². The summed E-state index contributed by atoms with van der Waals surface area (Å²) < 4.78 is 12.3. The fourth-order valence-corrected chi connectivity index (χ4v) is 7.53. The molecule has 12 nitrogen and oxygen atoms in total. The van der Waals surface area contributed by atoms with Crippen molar-refractivity contribution in [3.63, 3.8) is 0 Å². The highest BCUT2D eigenvalue weighted by atomic mass is 16.5. The molecule has 0 aliphatic carbocycles. The number of carboxylic acid groups (broad SMARTS) is 2. The summed E-state index contributed by atoms with van der Waals surface area (Å²) in [5, 5.41) is 25.8. The average molecular weight is 797 g/mol. The van der Waals surface area contributed by atoms with Crippen LogP contribution in [-0.4, -0.2) is 96.8 Å². The highest BCUT2D eigenvalue weighted by Gasteiger charge is 2.37. The largest absolute Gasteiger partial charge is 0.465 e. The molecule has 1 heterocycles. The highest BCUT2D eigenvalue weighted by Crippen LogP contribution is 2.20. The predicted molar refractivity (Wildman–Crippen MR) is 225 cm³/mol. The second-order valence-corrected chi connectivity index (χ2v) is 16.0. The number of unbranched alkanes of at least 4 members (excludes halogenated alkanes) is 23. The molecule has 1 saturated heterocycles. The Morgan fingerprint density at radius 3 is 1.62 bits per heavy atom. The molecule has 1 aliphatic heterocycles. The number of nitrogens with zero attached hydrogens (tertiary/aromatic N) is 1. The molecule has 5 N–H and O–H groups in total. The van der Waals surface area contributed by atoms with Gasteiger partial charge in [0, 0.05) is 32.8 Å². The van der Waals surface area contributed by atoms with Crippen molar-refractivity contribution in [2.75, 3.05) is 39.5 Å². The zero-order valence-electron chi connectivity index (χ0n) is 35.8. The molecule has 2 unspecified atom stereocenters. The van der Waals surface area contributed by atoms with Crippen LogP contribution in [0.2, 0.25) is 0 Å². The Labute approximate surface area is 340 Å². The number of ether oxygens (including phenoxy) is 2. The second kappa shape index (κ2) is 36.7. The minimum Gasteiger partial charge on any atom is -0.465 e. The lowest BCUT2D eigenvalue weighted by Gasteiger charge is -2.29. The maximum absolute atomic E-state index is 13.5. The molecule has 1 rings (SSSR count). The molecule has 0 spiro atoms. The molecule has 328 valence electrons. The first-order chi connectivity index (χ1) is 27.3. The van der Waals surface area contributed by atoms with Crippen molar-refractivity contribution in [1.82, 2.24) is 20.9 Å². The molecule has 0 bridgehead atoms. The van der Waals surface area contributed by atoms with E-state index in [2.05, 4.69) is 29.8 Å². The van der Waals surface area contributed by atoms with Gasteiger partial charge in [-0.2, -0.15) is 0 Å². The van der Waals surface area contributed by atoms with Gasteiger partial charge in [-0.15, -0.1) is 0 Å². The van der Waals surface area contributed by atoms with Crippen LogP contribution in [0.25, 0.3) is 0 Å². The van der Waals surface area contributed by atoms with Crippen LogP contribution < -0.4 is 16.0 Å². The fourth-order valence-electron chi connectivity index (χ4n) is 7.53. The molecule has 1 fully saturated rings. The van der Waals surface area contributed by atoms with Crippen LogP contribution in [0.1, 0.15) is 200 Å². The summed E-state index contributed by atoms with van der Waals surface area (Å²) in [5.41, 5.74) is 0. The van der Waals surface area contributed by atoms with Gasteiger partial charge in [-0.05, 0) is 44.9 Å². The zero-order chi connectivity index (χ0) is 40.9. The molecule has 12 heteroatoms. The Morgan fingerprint density at radius 1 is 0.625 bits per heavy atom. The molecule has 1 aliphatic rings. The van der Waals surface area contributed by atoms with Gasteiger partial charge in [-0.3, -0.25) is 9.59 Å². The summed E-state index contributed by atoms with van der Waals surface area (Å²) >= 11 is 0. The van der Waals surface area contributed by atoms with Gasteiger partial charge >= 0.3 is 12.2 Å². The van der Waals surface area contributed by atoms with Crippen molar-refractivity contribution in [1.29, 1.82) is 0 Å². The minimum atomic E-state index is -1.32. The lowest BCUT2D eigenvalue weighted by Crippen LogP contribution is -2.54. The van der Waals surface area contributed by atoms with E-state index >= 15 is 0 Å². The Kier molecular flexibility index (Phi) is 33.7. The van der Waals surface area contributed by atoms with Gasteiger partial charge in [0.2, 0.25) is 11.8 Å². The van der Waals surface area contributed by atoms with Crippen LogP contribution >= 0.6 is 0 Å². The van der Waals surface area contributed by atoms with Gasteiger partial charge in [-0.25, -0.2) is 9.59 Å². The quantitative estimate of drug-likeness (QED) is 0.0383.